The van der Waals surface area contributed by atoms with E-state index in [0.29, 0.717) is 6.42 Å². The van der Waals surface area contributed by atoms with Crippen LogP contribution < -0.4 is 4.74 Å². The largest absolute Gasteiger partial charge is 0.457 e. The van der Waals surface area contributed by atoms with Gasteiger partial charge in [-0.2, -0.15) is 0 Å². The lowest BCUT2D eigenvalue weighted by atomic mass is 9.84. The highest BCUT2D eigenvalue weighted by Gasteiger charge is 2.27. The molecule has 0 aliphatic carbocycles. The zero-order chi connectivity index (χ0) is 13.9. The van der Waals surface area contributed by atoms with Crippen molar-refractivity contribution in [1.29, 1.82) is 0 Å². The number of ether oxygens (including phenoxy) is 1. The minimum Gasteiger partial charge on any atom is -0.457 e. The van der Waals surface area contributed by atoms with E-state index >= 15 is 0 Å². The Kier molecular flexibility index (Phi) is 3.38. The van der Waals surface area contributed by atoms with Crippen LogP contribution in [0.15, 0.2) is 60.7 Å². The summed E-state index contributed by atoms with van der Waals surface area (Å²) in [6.07, 6.45) is 3.90. The Morgan fingerprint density at radius 2 is 1.60 bits per heavy atom. The average Bonchev–Trinajstić information content (AvgIpc) is 2.47. The Hall–Kier alpha value is -2.35. The van der Waals surface area contributed by atoms with Gasteiger partial charge in [0.25, 0.3) is 0 Å². The summed E-state index contributed by atoms with van der Waals surface area (Å²) in [7, 11) is 0. The standard InChI is InChI=1S/C18H16O2/c1-2-7-13(19)12-16-14-8-3-5-10-17(14)20-18-11-6-4-9-15(16)18/h2-11,16H,12H2,1H3. The summed E-state index contributed by atoms with van der Waals surface area (Å²) in [6.45, 7) is 1.86. The van der Waals surface area contributed by atoms with Crippen molar-refractivity contribution in [2.75, 3.05) is 0 Å². The van der Waals surface area contributed by atoms with Gasteiger partial charge in [0, 0.05) is 23.5 Å². The normalized spacial score (nSPS) is 13.7. The predicted octanol–water partition coefficient (Wildman–Crippen LogP) is 4.46. The van der Waals surface area contributed by atoms with Crippen LogP contribution in [0.1, 0.15) is 30.4 Å². The molecule has 0 saturated carbocycles. The molecule has 0 fully saturated rings. The monoisotopic (exact) mass is 264 g/mol. The van der Waals surface area contributed by atoms with Crippen molar-refractivity contribution >= 4 is 5.78 Å². The number of carbonyl (C=O) groups excluding carboxylic acids is 1. The zero-order valence-corrected chi connectivity index (χ0v) is 11.4. The van der Waals surface area contributed by atoms with E-state index < -0.39 is 0 Å². The van der Waals surface area contributed by atoms with Gasteiger partial charge in [-0.25, -0.2) is 0 Å². The fourth-order valence-corrected chi connectivity index (χ4v) is 2.68. The van der Waals surface area contributed by atoms with E-state index in [1.165, 1.54) is 0 Å². The van der Waals surface area contributed by atoms with Crippen molar-refractivity contribution < 1.29 is 9.53 Å². The van der Waals surface area contributed by atoms with E-state index in [1.54, 1.807) is 12.2 Å². The maximum absolute atomic E-state index is 12.0. The molecule has 0 N–H and O–H groups in total. The number of allylic oxidation sites excluding steroid dienone is 2. The first kappa shape index (κ1) is 12.7. The molecule has 1 heterocycles. The van der Waals surface area contributed by atoms with E-state index in [-0.39, 0.29) is 11.7 Å². The van der Waals surface area contributed by atoms with Gasteiger partial charge in [0.2, 0.25) is 0 Å². The fourth-order valence-electron chi connectivity index (χ4n) is 2.68. The van der Waals surface area contributed by atoms with Crippen LogP contribution in [-0.4, -0.2) is 5.78 Å². The number of para-hydroxylation sites is 2. The molecule has 0 saturated heterocycles. The Bertz CT molecular complexity index is 625. The van der Waals surface area contributed by atoms with Crippen LogP contribution in [0.25, 0.3) is 0 Å². The summed E-state index contributed by atoms with van der Waals surface area (Å²) in [4.78, 5) is 12.0. The minimum atomic E-state index is 0.0693. The van der Waals surface area contributed by atoms with Gasteiger partial charge in [0.05, 0.1) is 0 Å². The molecule has 2 aromatic rings. The lowest BCUT2D eigenvalue weighted by Gasteiger charge is -2.27. The lowest BCUT2D eigenvalue weighted by molar-refractivity contribution is -0.114. The third kappa shape index (κ3) is 2.25. The number of hydrogen-bond donors (Lipinski definition) is 0. The molecule has 3 rings (SSSR count). The minimum absolute atomic E-state index is 0.0693. The van der Waals surface area contributed by atoms with Crippen molar-refractivity contribution in [1.82, 2.24) is 0 Å². The molecule has 0 bridgehead atoms. The number of carbonyl (C=O) groups is 1. The Morgan fingerprint density at radius 1 is 1.05 bits per heavy atom. The van der Waals surface area contributed by atoms with E-state index in [0.717, 1.165) is 22.6 Å². The number of hydrogen-bond acceptors (Lipinski definition) is 2. The first-order valence-electron chi connectivity index (χ1n) is 6.81. The summed E-state index contributed by atoms with van der Waals surface area (Å²) in [5, 5.41) is 0. The van der Waals surface area contributed by atoms with Gasteiger partial charge in [-0.1, -0.05) is 42.5 Å². The van der Waals surface area contributed by atoms with Gasteiger partial charge in [-0.3, -0.25) is 4.79 Å². The zero-order valence-electron chi connectivity index (χ0n) is 11.4. The van der Waals surface area contributed by atoms with Crippen molar-refractivity contribution in [2.24, 2.45) is 0 Å². The Labute approximate surface area is 118 Å². The lowest BCUT2D eigenvalue weighted by Crippen LogP contribution is -2.13. The summed E-state index contributed by atoms with van der Waals surface area (Å²) in [5.41, 5.74) is 2.17. The van der Waals surface area contributed by atoms with Crippen molar-refractivity contribution in [3.05, 3.63) is 71.8 Å². The molecule has 0 radical (unpaired) electrons. The first-order valence-corrected chi connectivity index (χ1v) is 6.81. The number of fused-ring (bicyclic) bond motifs is 2. The van der Waals surface area contributed by atoms with Gasteiger partial charge in [0.1, 0.15) is 11.5 Å². The molecule has 0 amide bonds. The number of rotatable bonds is 3. The second-order valence-electron chi connectivity index (χ2n) is 4.90. The van der Waals surface area contributed by atoms with Crippen molar-refractivity contribution in [3.63, 3.8) is 0 Å². The third-order valence-corrected chi connectivity index (χ3v) is 3.57. The Balaban J connectivity index is 2.05. The van der Waals surface area contributed by atoms with Crippen molar-refractivity contribution in [2.45, 2.75) is 19.3 Å². The summed E-state index contributed by atoms with van der Waals surface area (Å²) >= 11 is 0. The highest BCUT2D eigenvalue weighted by Crippen LogP contribution is 2.45. The van der Waals surface area contributed by atoms with Crippen LogP contribution in [0.4, 0.5) is 0 Å². The van der Waals surface area contributed by atoms with Crippen LogP contribution >= 0.6 is 0 Å². The fraction of sp³-hybridized carbons (Fsp3) is 0.167. The van der Waals surface area contributed by atoms with Crippen LogP contribution in [0.2, 0.25) is 0 Å². The number of ketones is 1. The van der Waals surface area contributed by atoms with Crippen LogP contribution in [0, 0.1) is 0 Å². The van der Waals surface area contributed by atoms with E-state index in [9.17, 15) is 4.79 Å². The van der Waals surface area contributed by atoms with Crippen LogP contribution in [-0.2, 0) is 4.79 Å². The van der Waals surface area contributed by atoms with E-state index in [4.69, 9.17) is 4.74 Å². The molecule has 2 heteroatoms. The van der Waals surface area contributed by atoms with Crippen LogP contribution in [0.3, 0.4) is 0 Å². The molecule has 0 spiro atoms. The summed E-state index contributed by atoms with van der Waals surface area (Å²) < 4.78 is 5.92. The molecular formula is C18H16O2. The molecule has 0 unspecified atom stereocenters. The van der Waals surface area contributed by atoms with Gasteiger partial charge < -0.3 is 4.74 Å². The quantitative estimate of drug-likeness (QED) is 0.765. The van der Waals surface area contributed by atoms with Crippen molar-refractivity contribution in [3.8, 4) is 11.5 Å². The molecule has 0 aromatic heterocycles. The highest BCUT2D eigenvalue weighted by atomic mass is 16.5. The van der Waals surface area contributed by atoms with Gasteiger partial charge in [-0.05, 0) is 25.1 Å². The van der Waals surface area contributed by atoms with E-state index in [1.807, 2.05) is 55.5 Å². The highest BCUT2D eigenvalue weighted by molar-refractivity contribution is 5.90. The molecule has 2 nitrogen and oxygen atoms in total. The molecule has 20 heavy (non-hydrogen) atoms. The molecule has 0 atom stereocenters. The molecule has 1 aliphatic heterocycles. The smallest absolute Gasteiger partial charge is 0.156 e. The third-order valence-electron chi connectivity index (χ3n) is 3.57. The second kappa shape index (κ2) is 5.33. The second-order valence-corrected chi connectivity index (χ2v) is 4.90. The SMILES string of the molecule is CC=CC(=O)CC1c2ccccc2Oc2ccccc21. The first-order chi connectivity index (χ1) is 9.79. The molecule has 1 aliphatic rings. The van der Waals surface area contributed by atoms with E-state index in [2.05, 4.69) is 0 Å². The summed E-state index contributed by atoms with van der Waals surface area (Å²) in [5.74, 6) is 1.91. The number of benzene rings is 2. The Morgan fingerprint density at radius 3 is 2.15 bits per heavy atom. The van der Waals surface area contributed by atoms with Gasteiger partial charge in [0.15, 0.2) is 5.78 Å². The maximum atomic E-state index is 12.0. The average molecular weight is 264 g/mol. The molecule has 2 aromatic carbocycles. The molecule has 100 valence electrons. The van der Waals surface area contributed by atoms with Gasteiger partial charge in [-0.15, -0.1) is 0 Å². The maximum Gasteiger partial charge on any atom is 0.156 e. The van der Waals surface area contributed by atoms with Crippen LogP contribution in [0.5, 0.6) is 11.5 Å². The predicted molar refractivity (Wildman–Crippen MR) is 79.2 cm³/mol. The van der Waals surface area contributed by atoms with Gasteiger partial charge >= 0.3 is 0 Å². The molecular weight excluding hydrogens is 248 g/mol. The topological polar surface area (TPSA) is 26.3 Å². The summed E-state index contributed by atoms with van der Waals surface area (Å²) in [6, 6.07) is 15.9.